The Hall–Kier alpha value is -3.13. The second-order valence-corrected chi connectivity index (χ2v) is 10.4. The number of nitrogens with zero attached hydrogens (tertiary/aromatic N) is 4. The molecule has 0 aliphatic carbocycles. The van der Waals surface area contributed by atoms with E-state index in [2.05, 4.69) is 11.8 Å². The van der Waals surface area contributed by atoms with Crippen LogP contribution in [0.3, 0.4) is 0 Å². The molecule has 1 N–H and O–H groups in total. The lowest BCUT2D eigenvalue weighted by atomic mass is 10.0. The maximum atomic E-state index is 13.4. The van der Waals surface area contributed by atoms with Gasteiger partial charge >= 0.3 is 0 Å². The minimum Gasteiger partial charge on any atom is -0.506 e. The number of piperazine rings is 1. The van der Waals surface area contributed by atoms with Crippen molar-refractivity contribution < 1.29 is 19.5 Å². The largest absolute Gasteiger partial charge is 0.506 e. The molecule has 3 aliphatic rings. The van der Waals surface area contributed by atoms with Gasteiger partial charge in [-0.25, -0.2) is 0 Å². The van der Waals surface area contributed by atoms with Gasteiger partial charge in [0, 0.05) is 50.7 Å². The molecule has 0 radical (unpaired) electrons. The third kappa shape index (κ3) is 4.78. The number of phenols is 1. The van der Waals surface area contributed by atoms with Crippen LogP contribution in [-0.4, -0.2) is 100 Å². The summed E-state index contributed by atoms with van der Waals surface area (Å²) in [6, 6.07) is 10.7. The second kappa shape index (κ2) is 10.5. The molecule has 2 aromatic rings. The van der Waals surface area contributed by atoms with Crippen molar-refractivity contribution in [3.05, 3.63) is 42.0 Å². The van der Waals surface area contributed by atoms with Gasteiger partial charge < -0.3 is 19.8 Å². The van der Waals surface area contributed by atoms with Crippen molar-refractivity contribution in [1.82, 2.24) is 19.6 Å². The number of benzene rings is 2. The van der Waals surface area contributed by atoms with Gasteiger partial charge in [-0.2, -0.15) is 0 Å². The number of amides is 3. The Bertz CT molecular complexity index is 1140. The van der Waals surface area contributed by atoms with E-state index in [4.69, 9.17) is 0 Å². The fourth-order valence-corrected chi connectivity index (χ4v) is 5.94. The third-order valence-electron chi connectivity index (χ3n) is 8.10. The molecule has 0 saturated carbocycles. The number of carbonyl (C=O) groups is 3. The molecule has 36 heavy (non-hydrogen) atoms. The van der Waals surface area contributed by atoms with E-state index in [-0.39, 0.29) is 29.0 Å². The van der Waals surface area contributed by atoms with Crippen LogP contribution in [-0.2, 0) is 9.59 Å². The summed E-state index contributed by atoms with van der Waals surface area (Å²) in [5, 5.41) is 12.3. The molecule has 2 unspecified atom stereocenters. The Kier molecular flexibility index (Phi) is 7.14. The predicted molar refractivity (Wildman–Crippen MR) is 138 cm³/mol. The van der Waals surface area contributed by atoms with Crippen molar-refractivity contribution >= 4 is 28.5 Å². The SMILES string of the molecule is CC1CCCCN1C(=O)CN1CCN(C(=O)C2CCCN2C(=O)c2ccc3ccccc3c2O)CC1. The topological polar surface area (TPSA) is 84.4 Å². The van der Waals surface area contributed by atoms with E-state index in [0.29, 0.717) is 57.1 Å². The van der Waals surface area contributed by atoms with Gasteiger partial charge in [-0.05, 0) is 50.5 Å². The summed E-state index contributed by atoms with van der Waals surface area (Å²) in [5.41, 5.74) is 0.240. The van der Waals surface area contributed by atoms with Gasteiger partial charge in [0.25, 0.3) is 5.91 Å². The quantitative estimate of drug-likeness (QED) is 0.710. The molecule has 192 valence electrons. The highest BCUT2D eigenvalue weighted by molar-refractivity contribution is 6.05. The first-order valence-corrected chi connectivity index (χ1v) is 13.3. The first kappa shape index (κ1) is 24.6. The van der Waals surface area contributed by atoms with Crippen molar-refractivity contribution in [3.63, 3.8) is 0 Å². The van der Waals surface area contributed by atoms with Crippen LogP contribution in [0.15, 0.2) is 36.4 Å². The average molecular weight is 493 g/mol. The second-order valence-electron chi connectivity index (χ2n) is 10.4. The Labute approximate surface area is 212 Å². The Balaban J connectivity index is 1.20. The highest BCUT2D eigenvalue weighted by Gasteiger charge is 2.38. The summed E-state index contributed by atoms with van der Waals surface area (Å²) >= 11 is 0. The first-order valence-electron chi connectivity index (χ1n) is 13.3. The van der Waals surface area contributed by atoms with E-state index in [1.807, 2.05) is 34.1 Å². The van der Waals surface area contributed by atoms with Crippen molar-refractivity contribution in [2.24, 2.45) is 0 Å². The lowest BCUT2D eigenvalue weighted by Gasteiger charge is -2.39. The van der Waals surface area contributed by atoms with Crippen molar-refractivity contribution in [2.75, 3.05) is 45.8 Å². The Morgan fingerprint density at radius 2 is 1.61 bits per heavy atom. The number of carbonyl (C=O) groups excluding carboxylic acids is 3. The molecule has 3 amide bonds. The van der Waals surface area contributed by atoms with E-state index in [1.54, 1.807) is 17.0 Å². The standard InChI is InChI=1S/C28H36N4O4/c1-20-7-4-5-13-31(20)25(33)19-29-15-17-30(18-16-29)28(36)24-10-6-14-32(24)27(35)23-12-11-21-8-2-3-9-22(21)26(23)34/h2-3,8-9,11-12,20,24,34H,4-7,10,13-19H2,1H3. The molecular weight excluding hydrogens is 456 g/mol. The number of phenolic OH excluding ortho intramolecular Hbond substituents is 1. The van der Waals surface area contributed by atoms with Gasteiger partial charge in [0.2, 0.25) is 11.8 Å². The average Bonchev–Trinajstić information content (AvgIpc) is 3.39. The molecule has 8 nitrogen and oxygen atoms in total. The zero-order valence-electron chi connectivity index (χ0n) is 21.1. The number of rotatable bonds is 4. The highest BCUT2D eigenvalue weighted by atomic mass is 16.3. The van der Waals surface area contributed by atoms with Crippen LogP contribution in [0.4, 0.5) is 0 Å². The minimum atomic E-state index is -0.509. The maximum Gasteiger partial charge on any atom is 0.258 e. The van der Waals surface area contributed by atoms with Gasteiger partial charge in [-0.3, -0.25) is 19.3 Å². The number of likely N-dealkylation sites (tertiary alicyclic amines) is 2. The first-order chi connectivity index (χ1) is 17.4. The maximum absolute atomic E-state index is 13.4. The lowest BCUT2D eigenvalue weighted by Crippen LogP contribution is -2.56. The summed E-state index contributed by atoms with van der Waals surface area (Å²) in [7, 11) is 0. The van der Waals surface area contributed by atoms with Gasteiger partial charge in [-0.15, -0.1) is 0 Å². The number of aromatic hydroxyl groups is 1. The lowest BCUT2D eigenvalue weighted by molar-refractivity contribution is -0.139. The van der Waals surface area contributed by atoms with E-state index < -0.39 is 6.04 Å². The zero-order valence-corrected chi connectivity index (χ0v) is 21.1. The Morgan fingerprint density at radius 3 is 2.39 bits per heavy atom. The summed E-state index contributed by atoms with van der Waals surface area (Å²) in [6.07, 6.45) is 4.73. The number of hydrogen-bond donors (Lipinski definition) is 1. The number of fused-ring (bicyclic) bond motifs is 1. The van der Waals surface area contributed by atoms with Crippen LogP contribution in [0, 0.1) is 0 Å². The fraction of sp³-hybridized carbons (Fsp3) is 0.536. The highest BCUT2D eigenvalue weighted by Crippen LogP contribution is 2.31. The zero-order chi connectivity index (χ0) is 25.2. The van der Waals surface area contributed by atoms with Gasteiger partial charge in [0.1, 0.15) is 11.8 Å². The Morgan fingerprint density at radius 1 is 0.861 bits per heavy atom. The molecule has 0 bridgehead atoms. The van der Waals surface area contributed by atoms with Crippen LogP contribution >= 0.6 is 0 Å². The molecule has 5 rings (SSSR count). The van der Waals surface area contributed by atoms with Gasteiger partial charge in [-0.1, -0.05) is 30.3 Å². The molecule has 8 heteroatoms. The molecule has 3 heterocycles. The predicted octanol–water partition coefficient (Wildman–Crippen LogP) is 2.70. The van der Waals surface area contributed by atoms with Crippen molar-refractivity contribution in [1.29, 1.82) is 0 Å². The van der Waals surface area contributed by atoms with Crippen molar-refractivity contribution in [2.45, 2.75) is 51.1 Å². The van der Waals surface area contributed by atoms with E-state index >= 15 is 0 Å². The molecule has 3 fully saturated rings. The molecule has 0 aromatic heterocycles. The van der Waals surface area contributed by atoms with E-state index in [1.165, 1.54) is 6.42 Å². The fourth-order valence-electron chi connectivity index (χ4n) is 5.94. The normalized spacial score (nSPS) is 23.3. The van der Waals surface area contributed by atoms with Gasteiger partial charge in [0.05, 0.1) is 12.1 Å². The molecule has 2 aromatic carbocycles. The smallest absolute Gasteiger partial charge is 0.258 e. The molecule has 0 spiro atoms. The van der Waals surface area contributed by atoms with E-state index in [9.17, 15) is 19.5 Å². The summed E-state index contributed by atoms with van der Waals surface area (Å²) in [5.74, 6) is -0.173. The van der Waals surface area contributed by atoms with E-state index in [0.717, 1.165) is 31.2 Å². The molecule has 3 saturated heterocycles. The third-order valence-corrected chi connectivity index (χ3v) is 8.10. The van der Waals surface area contributed by atoms with Crippen LogP contribution in [0.2, 0.25) is 0 Å². The van der Waals surface area contributed by atoms with Crippen molar-refractivity contribution in [3.8, 4) is 5.75 Å². The monoisotopic (exact) mass is 492 g/mol. The molecule has 2 atom stereocenters. The van der Waals surface area contributed by atoms with Crippen LogP contribution in [0.5, 0.6) is 5.75 Å². The molecular formula is C28H36N4O4. The van der Waals surface area contributed by atoms with Crippen LogP contribution in [0.1, 0.15) is 49.4 Å². The summed E-state index contributed by atoms with van der Waals surface area (Å²) in [4.78, 5) is 47.2. The number of hydrogen-bond acceptors (Lipinski definition) is 5. The summed E-state index contributed by atoms with van der Waals surface area (Å²) < 4.78 is 0. The molecule has 3 aliphatic heterocycles. The number of piperidine rings is 1. The van der Waals surface area contributed by atoms with Crippen LogP contribution < -0.4 is 0 Å². The minimum absolute atomic E-state index is 0.0301. The summed E-state index contributed by atoms with van der Waals surface area (Å²) in [6.45, 7) is 6.31. The van der Waals surface area contributed by atoms with Crippen LogP contribution in [0.25, 0.3) is 10.8 Å². The van der Waals surface area contributed by atoms with Gasteiger partial charge in [0.15, 0.2) is 0 Å².